The minimum Gasteiger partial charge on any atom is -0.326 e. The smallest absolute Gasteiger partial charge is 0.218 e. The van der Waals surface area contributed by atoms with E-state index in [9.17, 15) is 8.42 Å². The van der Waals surface area contributed by atoms with E-state index in [1.807, 2.05) is 55.5 Å². The number of imidazole rings is 1. The summed E-state index contributed by atoms with van der Waals surface area (Å²) in [6.45, 7) is 3.41. The molecule has 124 valence electrons. The molecule has 0 radical (unpaired) electrons. The molecule has 0 unspecified atom stereocenters. The van der Waals surface area contributed by atoms with Crippen molar-refractivity contribution in [1.82, 2.24) is 13.9 Å². The fourth-order valence-corrected chi connectivity index (χ4v) is 4.81. The summed E-state index contributed by atoms with van der Waals surface area (Å²) < 4.78 is 29.3. The van der Waals surface area contributed by atoms with Crippen molar-refractivity contribution in [3.8, 4) is 0 Å². The van der Waals surface area contributed by atoms with Crippen molar-refractivity contribution in [3.05, 3.63) is 65.5 Å². The predicted octanol–water partition coefficient (Wildman–Crippen LogP) is 2.69. The van der Waals surface area contributed by atoms with E-state index >= 15 is 0 Å². The van der Waals surface area contributed by atoms with Crippen LogP contribution in [0, 0.1) is 6.92 Å². The van der Waals surface area contributed by atoms with Crippen LogP contribution in [0.15, 0.2) is 48.5 Å². The molecule has 4 rings (SSSR count). The zero-order valence-corrected chi connectivity index (χ0v) is 14.3. The summed E-state index contributed by atoms with van der Waals surface area (Å²) in [6, 6.07) is 15.6. The lowest BCUT2D eigenvalue weighted by atomic mass is 10.1. The number of hydrogen-bond donors (Lipinski definition) is 0. The standard InChI is InChI=1S/C18H19N3O2S/c1-14-6-2-3-7-15(14)13-24(22,23)20-10-11-21-17-9-5-4-8-16(17)19-18(21)12-20/h2-9H,10-13H2,1H3. The molecule has 0 atom stereocenters. The van der Waals surface area contributed by atoms with Crippen LogP contribution in [0.4, 0.5) is 0 Å². The van der Waals surface area contributed by atoms with Crippen LogP contribution in [-0.2, 0) is 28.9 Å². The lowest BCUT2D eigenvalue weighted by molar-refractivity contribution is 0.338. The summed E-state index contributed by atoms with van der Waals surface area (Å²) in [4.78, 5) is 4.60. The van der Waals surface area contributed by atoms with Gasteiger partial charge in [-0.25, -0.2) is 13.4 Å². The lowest BCUT2D eigenvalue weighted by Crippen LogP contribution is -2.39. The molecule has 0 saturated heterocycles. The van der Waals surface area contributed by atoms with Crippen molar-refractivity contribution in [1.29, 1.82) is 0 Å². The number of aryl methyl sites for hydroxylation is 1. The summed E-state index contributed by atoms with van der Waals surface area (Å²) >= 11 is 0. The summed E-state index contributed by atoms with van der Waals surface area (Å²) in [7, 11) is -3.36. The third-order valence-corrected chi connectivity index (χ3v) is 6.39. The number of nitrogens with zero attached hydrogens (tertiary/aromatic N) is 3. The summed E-state index contributed by atoms with van der Waals surface area (Å²) in [5.41, 5.74) is 3.86. The summed E-state index contributed by atoms with van der Waals surface area (Å²) in [5.74, 6) is 0.857. The average molecular weight is 341 g/mol. The van der Waals surface area contributed by atoms with Gasteiger partial charge in [-0.3, -0.25) is 0 Å². The molecule has 6 heteroatoms. The van der Waals surface area contributed by atoms with Crippen molar-refractivity contribution >= 4 is 21.1 Å². The number of hydrogen-bond acceptors (Lipinski definition) is 3. The van der Waals surface area contributed by atoms with Gasteiger partial charge in [0.15, 0.2) is 0 Å². The number of para-hydroxylation sites is 2. The highest BCUT2D eigenvalue weighted by Crippen LogP contribution is 2.24. The highest BCUT2D eigenvalue weighted by molar-refractivity contribution is 7.88. The van der Waals surface area contributed by atoms with Crippen molar-refractivity contribution in [3.63, 3.8) is 0 Å². The van der Waals surface area contributed by atoms with Gasteiger partial charge in [0.2, 0.25) is 10.0 Å². The molecule has 0 spiro atoms. The van der Waals surface area contributed by atoms with E-state index in [1.165, 1.54) is 0 Å². The van der Waals surface area contributed by atoms with E-state index in [2.05, 4.69) is 9.55 Å². The Morgan fingerprint density at radius 3 is 2.62 bits per heavy atom. The first-order valence-corrected chi connectivity index (χ1v) is 9.62. The Balaban J connectivity index is 1.63. The topological polar surface area (TPSA) is 55.2 Å². The number of fused-ring (bicyclic) bond motifs is 3. The van der Waals surface area contributed by atoms with Gasteiger partial charge in [-0.05, 0) is 30.2 Å². The normalized spacial score (nSPS) is 15.5. The fourth-order valence-electron chi connectivity index (χ4n) is 3.24. The van der Waals surface area contributed by atoms with E-state index in [1.54, 1.807) is 4.31 Å². The molecule has 0 aliphatic carbocycles. The van der Waals surface area contributed by atoms with Crippen LogP contribution in [0.3, 0.4) is 0 Å². The number of aromatic nitrogens is 2. The quantitative estimate of drug-likeness (QED) is 0.736. The highest BCUT2D eigenvalue weighted by atomic mass is 32.2. The van der Waals surface area contributed by atoms with Gasteiger partial charge in [0.1, 0.15) is 5.82 Å². The van der Waals surface area contributed by atoms with Crippen molar-refractivity contribution < 1.29 is 8.42 Å². The zero-order valence-electron chi connectivity index (χ0n) is 13.5. The number of rotatable bonds is 3. The Kier molecular flexibility index (Phi) is 3.66. The Bertz CT molecular complexity index is 1010. The molecule has 1 aromatic heterocycles. The molecule has 0 amide bonds. The third-order valence-electron chi connectivity index (χ3n) is 4.62. The molecular weight excluding hydrogens is 322 g/mol. The second kappa shape index (κ2) is 5.72. The lowest BCUT2D eigenvalue weighted by Gasteiger charge is -2.27. The second-order valence-electron chi connectivity index (χ2n) is 6.18. The highest BCUT2D eigenvalue weighted by Gasteiger charge is 2.29. The summed E-state index contributed by atoms with van der Waals surface area (Å²) in [6.07, 6.45) is 0. The van der Waals surface area contributed by atoms with Crippen LogP contribution < -0.4 is 0 Å². The van der Waals surface area contributed by atoms with Crippen LogP contribution in [0.1, 0.15) is 17.0 Å². The minimum absolute atomic E-state index is 0.0416. The maximum absolute atomic E-state index is 12.8. The van der Waals surface area contributed by atoms with Crippen LogP contribution >= 0.6 is 0 Å². The molecule has 0 bridgehead atoms. The fraction of sp³-hybridized carbons (Fsp3) is 0.278. The third kappa shape index (κ3) is 2.61. The maximum Gasteiger partial charge on any atom is 0.218 e. The molecular formula is C18H19N3O2S. The van der Waals surface area contributed by atoms with E-state index in [4.69, 9.17) is 0 Å². The maximum atomic E-state index is 12.8. The molecule has 1 aliphatic rings. The number of benzene rings is 2. The first-order chi connectivity index (χ1) is 11.5. The molecule has 0 fully saturated rings. The van der Waals surface area contributed by atoms with Crippen molar-refractivity contribution in [2.45, 2.75) is 25.8 Å². The molecule has 0 saturated carbocycles. The van der Waals surface area contributed by atoms with E-state index in [-0.39, 0.29) is 5.75 Å². The molecule has 2 aromatic carbocycles. The van der Waals surface area contributed by atoms with Crippen LogP contribution in [0.25, 0.3) is 11.0 Å². The van der Waals surface area contributed by atoms with E-state index in [0.717, 1.165) is 28.0 Å². The summed E-state index contributed by atoms with van der Waals surface area (Å²) in [5, 5.41) is 0. The van der Waals surface area contributed by atoms with Crippen LogP contribution in [-0.4, -0.2) is 28.8 Å². The van der Waals surface area contributed by atoms with Crippen molar-refractivity contribution in [2.75, 3.05) is 6.54 Å². The minimum atomic E-state index is -3.36. The van der Waals surface area contributed by atoms with E-state index < -0.39 is 10.0 Å². The molecule has 24 heavy (non-hydrogen) atoms. The van der Waals surface area contributed by atoms with Crippen LogP contribution in [0.2, 0.25) is 0 Å². The first-order valence-electron chi connectivity index (χ1n) is 8.01. The van der Waals surface area contributed by atoms with Gasteiger partial charge in [-0.15, -0.1) is 0 Å². The second-order valence-corrected chi connectivity index (χ2v) is 8.15. The molecule has 1 aliphatic heterocycles. The van der Waals surface area contributed by atoms with Crippen LogP contribution in [0.5, 0.6) is 0 Å². The molecule has 2 heterocycles. The van der Waals surface area contributed by atoms with Crippen molar-refractivity contribution in [2.24, 2.45) is 0 Å². The Hall–Kier alpha value is -2.18. The molecule has 0 N–H and O–H groups in total. The van der Waals surface area contributed by atoms with Gasteiger partial charge >= 0.3 is 0 Å². The zero-order chi connectivity index (χ0) is 16.7. The van der Waals surface area contributed by atoms with Gasteiger partial charge in [0.05, 0.1) is 23.3 Å². The van der Waals surface area contributed by atoms with Gasteiger partial charge in [-0.1, -0.05) is 36.4 Å². The Labute approximate surface area is 141 Å². The van der Waals surface area contributed by atoms with Gasteiger partial charge in [-0.2, -0.15) is 4.31 Å². The molecule has 3 aromatic rings. The Morgan fingerprint density at radius 1 is 1.04 bits per heavy atom. The average Bonchev–Trinajstić information content (AvgIpc) is 2.94. The van der Waals surface area contributed by atoms with Gasteiger partial charge in [0, 0.05) is 13.1 Å². The van der Waals surface area contributed by atoms with Gasteiger partial charge < -0.3 is 4.57 Å². The number of sulfonamides is 1. The SMILES string of the molecule is Cc1ccccc1CS(=O)(=O)N1CCn2c(nc3ccccc32)C1. The first kappa shape index (κ1) is 15.4. The predicted molar refractivity (Wildman–Crippen MR) is 93.9 cm³/mol. The molecule has 5 nitrogen and oxygen atoms in total. The largest absolute Gasteiger partial charge is 0.326 e. The monoisotopic (exact) mass is 341 g/mol. The van der Waals surface area contributed by atoms with E-state index in [0.29, 0.717) is 19.6 Å². The Morgan fingerprint density at radius 2 is 1.79 bits per heavy atom. The van der Waals surface area contributed by atoms with Gasteiger partial charge in [0.25, 0.3) is 0 Å².